The molecule has 1 aliphatic rings. The van der Waals surface area contributed by atoms with E-state index in [4.69, 9.17) is 4.74 Å². The molecule has 2 amide bonds. The second-order valence-electron chi connectivity index (χ2n) is 6.25. The smallest absolute Gasteiger partial charge is 0.416 e. The predicted molar refractivity (Wildman–Crippen MR) is 92.3 cm³/mol. The van der Waals surface area contributed by atoms with Gasteiger partial charge in [0.2, 0.25) is 11.8 Å². The van der Waals surface area contributed by atoms with E-state index in [0.717, 1.165) is 18.2 Å². The molecule has 1 fully saturated rings. The van der Waals surface area contributed by atoms with Gasteiger partial charge in [0.1, 0.15) is 17.5 Å². The van der Waals surface area contributed by atoms with Gasteiger partial charge in [0.15, 0.2) is 0 Å². The van der Waals surface area contributed by atoms with Gasteiger partial charge in [-0.1, -0.05) is 18.2 Å². The Morgan fingerprint density at radius 3 is 2.57 bits per heavy atom. The van der Waals surface area contributed by atoms with E-state index >= 15 is 0 Å². The second-order valence-corrected chi connectivity index (χ2v) is 6.25. The molecule has 0 unspecified atom stereocenters. The molecule has 2 atom stereocenters. The number of anilines is 1. The van der Waals surface area contributed by atoms with E-state index in [1.807, 2.05) is 0 Å². The molecule has 148 valence electrons. The van der Waals surface area contributed by atoms with E-state index in [1.165, 1.54) is 31.4 Å². The van der Waals surface area contributed by atoms with Gasteiger partial charge in [0.25, 0.3) is 0 Å². The van der Waals surface area contributed by atoms with Gasteiger partial charge < -0.3 is 15.4 Å². The topological polar surface area (TPSA) is 67.4 Å². The molecule has 0 bridgehead atoms. The van der Waals surface area contributed by atoms with Crippen LogP contribution in [-0.4, -0.2) is 25.5 Å². The van der Waals surface area contributed by atoms with Crippen LogP contribution in [0.3, 0.4) is 0 Å². The predicted octanol–water partition coefficient (Wildman–Crippen LogP) is 3.32. The zero-order chi connectivity index (χ0) is 20.5. The SMILES string of the molecule is COc1cc(C(F)(F)F)ccc1[C@H]1CNC(=O)[C@@H]1C(=O)Nc1ccccc1F. The molecule has 1 saturated heterocycles. The molecule has 28 heavy (non-hydrogen) atoms. The highest BCUT2D eigenvalue weighted by Gasteiger charge is 2.43. The van der Waals surface area contributed by atoms with E-state index in [9.17, 15) is 27.2 Å². The number of ether oxygens (including phenoxy) is 1. The number of benzene rings is 2. The van der Waals surface area contributed by atoms with Crippen molar-refractivity contribution >= 4 is 17.5 Å². The molecule has 3 rings (SSSR count). The fourth-order valence-corrected chi connectivity index (χ4v) is 3.18. The summed E-state index contributed by atoms with van der Waals surface area (Å²) in [7, 11) is 1.21. The molecular formula is C19H16F4N2O3. The number of para-hydroxylation sites is 1. The van der Waals surface area contributed by atoms with E-state index in [2.05, 4.69) is 10.6 Å². The summed E-state index contributed by atoms with van der Waals surface area (Å²) >= 11 is 0. The molecule has 5 nitrogen and oxygen atoms in total. The maximum atomic E-state index is 13.8. The number of carbonyl (C=O) groups excluding carboxylic acids is 2. The van der Waals surface area contributed by atoms with Gasteiger partial charge in [-0.05, 0) is 24.3 Å². The monoisotopic (exact) mass is 396 g/mol. The minimum Gasteiger partial charge on any atom is -0.496 e. The minimum absolute atomic E-state index is 0.0376. The molecular weight excluding hydrogens is 380 g/mol. The maximum Gasteiger partial charge on any atom is 0.416 e. The van der Waals surface area contributed by atoms with Crippen molar-refractivity contribution in [3.8, 4) is 5.75 Å². The first-order valence-electron chi connectivity index (χ1n) is 8.30. The molecule has 0 radical (unpaired) electrons. The van der Waals surface area contributed by atoms with Gasteiger partial charge in [-0.15, -0.1) is 0 Å². The third kappa shape index (κ3) is 3.78. The van der Waals surface area contributed by atoms with Crippen molar-refractivity contribution in [3.63, 3.8) is 0 Å². The molecule has 9 heteroatoms. The summed E-state index contributed by atoms with van der Waals surface area (Å²) in [6, 6.07) is 8.34. The Balaban J connectivity index is 1.92. The molecule has 2 N–H and O–H groups in total. The van der Waals surface area contributed by atoms with Crippen molar-refractivity contribution in [2.45, 2.75) is 12.1 Å². The lowest BCUT2D eigenvalue weighted by molar-refractivity contribution is -0.138. The van der Waals surface area contributed by atoms with Crippen LogP contribution >= 0.6 is 0 Å². The first-order valence-corrected chi connectivity index (χ1v) is 8.30. The number of alkyl halides is 3. The lowest BCUT2D eigenvalue weighted by atomic mass is 9.86. The van der Waals surface area contributed by atoms with Gasteiger partial charge in [-0.3, -0.25) is 9.59 Å². The summed E-state index contributed by atoms with van der Waals surface area (Å²) in [5, 5.41) is 4.88. The zero-order valence-corrected chi connectivity index (χ0v) is 14.6. The van der Waals surface area contributed by atoms with Crippen molar-refractivity contribution in [2.24, 2.45) is 5.92 Å². The summed E-state index contributed by atoms with van der Waals surface area (Å²) < 4.78 is 57.7. The second kappa shape index (κ2) is 7.49. The number of rotatable bonds is 4. The van der Waals surface area contributed by atoms with Crippen molar-refractivity contribution < 1.29 is 31.9 Å². The Hall–Kier alpha value is -3.10. The van der Waals surface area contributed by atoms with Crippen molar-refractivity contribution in [2.75, 3.05) is 19.0 Å². The average molecular weight is 396 g/mol. The number of hydrogen-bond acceptors (Lipinski definition) is 3. The van der Waals surface area contributed by atoms with E-state index in [1.54, 1.807) is 0 Å². The highest BCUT2D eigenvalue weighted by molar-refractivity contribution is 6.08. The average Bonchev–Trinajstić information content (AvgIpc) is 3.03. The fraction of sp³-hybridized carbons (Fsp3) is 0.263. The number of hydrogen-bond donors (Lipinski definition) is 2. The van der Waals surface area contributed by atoms with Crippen LogP contribution in [0.25, 0.3) is 0 Å². The van der Waals surface area contributed by atoms with E-state index in [0.29, 0.717) is 0 Å². The molecule has 2 aromatic carbocycles. The van der Waals surface area contributed by atoms with Gasteiger partial charge in [-0.25, -0.2) is 4.39 Å². The first-order chi connectivity index (χ1) is 13.2. The molecule has 1 heterocycles. The number of carbonyl (C=O) groups is 2. The molecule has 0 spiro atoms. The Labute approximate surface area is 157 Å². The van der Waals surface area contributed by atoms with Gasteiger partial charge in [0.05, 0.1) is 18.4 Å². The van der Waals surface area contributed by atoms with Crippen molar-refractivity contribution in [3.05, 3.63) is 59.4 Å². The van der Waals surface area contributed by atoms with Crippen LogP contribution < -0.4 is 15.4 Å². The Morgan fingerprint density at radius 2 is 1.93 bits per heavy atom. The molecule has 1 aliphatic heterocycles. The summed E-state index contributed by atoms with van der Waals surface area (Å²) in [5.41, 5.74) is -0.717. The lowest BCUT2D eigenvalue weighted by Gasteiger charge is -2.20. The third-order valence-corrected chi connectivity index (χ3v) is 4.56. The van der Waals surface area contributed by atoms with Crippen LogP contribution in [0.15, 0.2) is 42.5 Å². The van der Waals surface area contributed by atoms with E-state index < -0.39 is 41.2 Å². The molecule has 0 aliphatic carbocycles. The summed E-state index contributed by atoms with van der Waals surface area (Å²) in [6.07, 6.45) is -4.56. The van der Waals surface area contributed by atoms with E-state index in [-0.39, 0.29) is 23.5 Å². The number of methoxy groups -OCH3 is 1. The van der Waals surface area contributed by atoms with Crippen molar-refractivity contribution in [1.82, 2.24) is 5.32 Å². The van der Waals surface area contributed by atoms with Crippen LogP contribution in [0.4, 0.5) is 23.2 Å². The minimum atomic E-state index is -4.56. The van der Waals surface area contributed by atoms with Crippen LogP contribution in [0.2, 0.25) is 0 Å². The highest BCUT2D eigenvalue weighted by atomic mass is 19.4. The lowest BCUT2D eigenvalue weighted by Crippen LogP contribution is -2.32. The quantitative estimate of drug-likeness (QED) is 0.616. The first kappa shape index (κ1) is 19.7. The standard InChI is InChI=1S/C19H16F4N2O3/c1-28-15-8-10(19(21,22)23)6-7-11(15)12-9-24-17(26)16(12)18(27)25-14-5-3-2-4-13(14)20/h2-8,12,16H,9H2,1H3,(H,24,26)(H,25,27)/t12-,16-/m1/s1. The Morgan fingerprint density at radius 1 is 1.21 bits per heavy atom. The fourth-order valence-electron chi connectivity index (χ4n) is 3.18. The van der Waals surface area contributed by atoms with Crippen LogP contribution in [-0.2, 0) is 15.8 Å². The van der Waals surface area contributed by atoms with Crippen molar-refractivity contribution in [1.29, 1.82) is 0 Å². The largest absolute Gasteiger partial charge is 0.496 e. The van der Waals surface area contributed by atoms with Gasteiger partial charge in [-0.2, -0.15) is 13.2 Å². The Kier molecular flexibility index (Phi) is 5.26. The summed E-state index contributed by atoms with van der Waals surface area (Å²) in [5.74, 6) is -4.12. The number of halogens is 4. The third-order valence-electron chi connectivity index (χ3n) is 4.56. The van der Waals surface area contributed by atoms with Gasteiger partial charge in [0, 0.05) is 18.0 Å². The summed E-state index contributed by atoms with van der Waals surface area (Å²) in [4.78, 5) is 24.8. The maximum absolute atomic E-state index is 13.8. The number of nitrogens with one attached hydrogen (secondary N) is 2. The molecule has 0 aromatic heterocycles. The summed E-state index contributed by atoms with van der Waals surface area (Å²) in [6.45, 7) is 0.0376. The molecule has 2 aromatic rings. The van der Waals surface area contributed by atoms with Crippen LogP contribution in [0.5, 0.6) is 5.75 Å². The normalized spacial score (nSPS) is 19.2. The number of amides is 2. The van der Waals surface area contributed by atoms with Gasteiger partial charge >= 0.3 is 6.18 Å². The van der Waals surface area contributed by atoms with Crippen LogP contribution in [0.1, 0.15) is 17.0 Å². The molecule has 0 saturated carbocycles. The highest BCUT2D eigenvalue weighted by Crippen LogP contribution is 2.39. The van der Waals surface area contributed by atoms with Crippen LogP contribution in [0, 0.1) is 11.7 Å². The zero-order valence-electron chi connectivity index (χ0n) is 14.6. The Bertz CT molecular complexity index is 914.